The largest absolute Gasteiger partial charge is 0.493 e. The lowest BCUT2D eigenvalue weighted by Gasteiger charge is -2.11. The Labute approximate surface area is 186 Å². The van der Waals surface area contributed by atoms with Crippen molar-refractivity contribution in [2.45, 2.75) is 12.8 Å². The number of aromatic hydroxyl groups is 1. The zero-order chi connectivity index (χ0) is 22.1. The number of hydrogen-bond acceptors (Lipinski definition) is 7. The molecule has 1 saturated heterocycles. The molecule has 0 unspecified atom stereocenters. The molecule has 2 heterocycles. The van der Waals surface area contributed by atoms with Gasteiger partial charge in [0.05, 0.1) is 25.9 Å². The number of amides is 1. The van der Waals surface area contributed by atoms with Gasteiger partial charge in [0, 0.05) is 42.5 Å². The van der Waals surface area contributed by atoms with E-state index < -0.39 is 10.8 Å². The number of likely N-dealkylation sites (tertiary alicyclic amines) is 1. The second-order valence-corrected chi connectivity index (χ2v) is 7.63. The summed E-state index contributed by atoms with van der Waals surface area (Å²) in [6, 6.07) is 7.36. The lowest BCUT2D eigenvalue weighted by Crippen LogP contribution is -2.17. The van der Waals surface area contributed by atoms with Gasteiger partial charge in [-0.2, -0.15) is 4.98 Å². The number of benzene rings is 2. The Bertz CT molecular complexity index is 1250. The van der Waals surface area contributed by atoms with Gasteiger partial charge in [0.1, 0.15) is 0 Å². The van der Waals surface area contributed by atoms with Crippen LogP contribution in [-0.4, -0.2) is 37.3 Å². The van der Waals surface area contributed by atoms with Crippen LogP contribution < -0.4 is 5.32 Å². The second kappa shape index (κ2) is 8.37. The van der Waals surface area contributed by atoms with Crippen LogP contribution >= 0.6 is 23.2 Å². The monoisotopic (exact) mass is 459 g/mol. The van der Waals surface area contributed by atoms with Crippen LogP contribution in [0, 0.1) is 10.1 Å². The molecule has 1 aliphatic heterocycles. The summed E-state index contributed by atoms with van der Waals surface area (Å²) in [5, 5.41) is 25.5. The molecule has 9 nitrogen and oxygen atoms in total. The van der Waals surface area contributed by atoms with Crippen molar-refractivity contribution in [2.75, 3.05) is 11.9 Å². The van der Waals surface area contributed by atoms with Gasteiger partial charge >= 0.3 is 0 Å². The van der Waals surface area contributed by atoms with E-state index in [0.717, 1.165) is 6.42 Å². The van der Waals surface area contributed by atoms with Gasteiger partial charge in [-0.25, -0.2) is 4.98 Å². The first-order chi connectivity index (χ1) is 14.8. The van der Waals surface area contributed by atoms with Crippen molar-refractivity contribution in [3.8, 4) is 5.88 Å². The van der Waals surface area contributed by atoms with Crippen molar-refractivity contribution >= 4 is 63.4 Å². The van der Waals surface area contributed by atoms with Crippen molar-refractivity contribution in [1.82, 2.24) is 14.9 Å². The molecule has 31 heavy (non-hydrogen) atoms. The number of aromatic nitrogens is 2. The highest BCUT2D eigenvalue weighted by Gasteiger charge is 2.19. The number of nitrogens with zero attached hydrogens (tertiary/aromatic N) is 4. The fourth-order valence-electron chi connectivity index (χ4n) is 3.22. The van der Waals surface area contributed by atoms with Gasteiger partial charge in [-0.05, 0) is 30.7 Å². The molecule has 4 rings (SSSR count). The summed E-state index contributed by atoms with van der Waals surface area (Å²) in [5.41, 5.74) is 0.946. The average molecular weight is 460 g/mol. The van der Waals surface area contributed by atoms with Crippen LogP contribution in [0.2, 0.25) is 10.0 Å². The SMILES string of the molecule is O=C1CCCN1/C=C/c1cc([N+](=O)[O-])cc2c(O)nc(Nc3ccc(Cl)c(Cl)c3)nc12. The van der Waals surface area contributed by atoms with Gasteiger partial charge in [0.25, 0.3) is 5.69 Å². The fraction of sp³-hybridized carbons (Fsp3) is 0.150. The molecule has 1 amide bonds. The highest BCUT2D eigenvalue weighted by Crippen LogP contribution is 2.32. The molecule has 1 aromatic heterocycles. The van der Waals surface area contributed by atoms with E-state index in [1.165, 1.54) is 12.1 Å². The minimum atomic E-state index is -0.570. The normalized spacial score (nSPS) is 14.0. The van der Waals surface area contributed by atoms with E-state index in [1.54, 1.807) is 35.4 Å². The smallest absolute Gasteiger partial charge is 0.270 e. The topological polar surface area (TPSA) is 121 Å². The molecule has 11 heteroatoms. The van der Waals surface area contributed by atoms with Crippen molar-refractivity contribution in [1.29, 1.82) is 0 Å². The highest BCUT2D eigenvalue weighted by atomic mass is 35.5. The molecular formula is C20H15Cl2N5O4. The zero-order valence-electron chi connectivity index (χ0n) is 15.9. The number of nitro groups is 1. The zero-order valence-corrected chi connectivity index (χ0v) is 17.4. The van der Waals surface area contributed by atoms with Gasteiger partial charge in [-0.15, -0.1) is 0 Å². The van der Waals surface area contributed by atoms with Crippen LogP contribution in [-0.2, 0) is 4.79 Å². The summed E-state index contributed by atoms with van der Waals surface area (Å²) in [6.45, 7) is 0.576. The number of carbonyl (C=O) groups is 1. The standard InChI is InChI=1S/C20H15Cl2N5O4/c21-15-4-3-12(9-16(15)22)23-20-24-18-11(5-7-26-6-1-2-17(26)28)8-13(27(30)31)10-14(18)19(29)25-20/h3-5,7-10H,1-2,6H2,(H2,23,24,25,29)/b7-5+. The summed E-state index contributed by atoms with van der Waals surface area (Å²) in [7, 11) is 0. The molecular weight excluding hydrogens is 445 g/mol. The number of halogens is 2. The molecule has 0 aliphatic carbocycles. The van der Waals surface area contributed by atoms with Crippen LogP contribution in [0.15, 0.2) is 36.5 Å². The Morgan fingerprint density at radius 1 is 1.19 bits per heavy atom. The highest BCUT2D eigenvalue weighted by molar-refractivity contribution is 6.42. The fourth-order valence-corrected chi connectivity index (χ4v) is 3.51. The first-order valence-electron chi connectivity index (χ1n) is 9.21. The Kier molecular flexibility index (Phi) is 5.62. The van der Waals surface area contributed by atoms with E-state index in [2.05, 4.69) is 15.3 Å². The number of nitro benzene ring substituents is 1. The van der Waals surface area contributed by atoms with Gasteiger partial charge < -0.3 is 15.3 Å². The summed E-state index contributed by atoms with van der Waals surface area (Å²) in [4.78, 5) is 32.6. The van der Waals surface area contributed by atoms with Crippen LogP contribution in [0.1, 0.15) is 18.4 Å². The lowest BCUT2D eigenvalue weighted by molar-refractivity contribution is -0.384. The third kappa shape index (κ3) is 4.37. The van der Waals surface area contributed by atoms with E-state index in [1.807, 2.05) is 0 Å². The maximum Gasteiger partial charge on any atom is 0.270 e. The van der Waals surface area contributed by atoms with Gasteiger partial charge in [-0.1, -0.05) is 23.2 Å². The third-order valence-corrected chi connectivity index (χ3v) is 5.46. The van der Waals surface area contributed by atoms with E-state index in [0.29, 0.717) is 34.3 Å². The summed E-state index contributed by atoms with van der Waals surface area (Å²) in [6.07, 6.45) is 4.34. The van der Waals surface area contributed by atoms with Crippen molar-refractivity contribution in [3.63, 3.8) is 0 Å². The first kappa shape index (κ1) is 20.8. The maximum atomic E-state index is 11.9. The lowest BCUT2D eigenvalue weighted by atomic mass is 10.1. The Hall–Kier alpha value is -3.43. The number of non-ortho nitro benzene ring substituents is 1. The van der Waals surface area contributed by atoms with Crippen LogP contribution in [0.5, 0.6) is 5.88 Å². The maximum absolute atomic E-state index is 11.9. The quantitative estimate of drug-likeness (QED) is 0.411. The summed E-state index contributed by atoms with van der Waals surface area (Å²) < 4.78 is 0. The van der Waals surface area contributed by atoms with Crippen molar-refractivity contribution < 1.29 is 14.8 Å². The van der Waals surface area contributed by atoms with Gasteiger partial charge in [0.2, 0.25) is 17.7 Å². The predicted molar refractivity (Wildman–Crippen MR) is 118 cm³/mol. The second-order valence-electron chi connectivity index (χ2n) is 6.82. The number of rotatable bonds is 5. The minimum Gasteiger partial charge on any atom is -0.493 e. The molecule has 2 N–H and O–H groups in total. The van der Waals surface area contributed by atoms with E-state index in [-0.39, 0.29) is 28.4 Å². The van der Waals surface area contributed by atoms with Crippen molar-refractivity contribution in [2.24, 2.45) is 0 Å². The molecule has 2 aromatic carbocycles. The molecule has 0 radical (unpaired) electrons. The van der Waals surface area contributed by atoms with Gasteiger partial charge in [0.15, 0.2) is 0 Å². The number of nitrogens with one attached hydrogen (secondary N) is 1. The third-order valence-electron chi connectivity index (χ3n) is 4.73. The molecule has 1 aliphatic rings. The molecule has 0 atom stereocenters. The Morgan fingerprint density at radius 2 is 2.00 bits per heavy atom. The van der Waals surface area contributed by atoms with E-state index in [4.69, 9.17) is 23.2 Å². The average Bonchev–Trinajstić information content (AvgIpc) is 3.14. The van der Waals surface area contributed by atoms with E-state index >= 15 is 0 Å². The summed E-state index contributed by atoms with van der Waals surface area (Å²) in [5.74, 6) is -0.391. The minimum absolute atomic E-state index is 0.0227. The van der Waals surface area contributed by atoms with Gasteiger partial charge in [-0.3, -0.25) is 14.9 Å². The number of hydrogen-bond donors (Lipinski definition) is 2. The molecule has 3 aromatic rings. The number of fused-ring (bicyclic) bond motifs is 1. The predicted octanol–water partition coefficient (Wildman–Crippen LogP) is 4.89. The van der Waals surface area contributed by atoms with Crippen LogP contribution in [0.3, 0.4) is 0 Å². The number of carbonyl (C=O) groups excluding carboxylic acids is 1. The summed E-state index contributed by atoms with van der Waals surface area (Å²) >= 11 is 12.0. The van der Waals surface area contributed by atoms with Crippen LogP contribution in [0.4, 0.5) is 17.3 Å². The van der Waals surface area contributed by atoms with E-state index in [9.17, 15) is 20.0 Å². The molecule has 0 saturated carbocycles. The Balaban J connectivity index is 1.79. The Morgan fingerprint density at radius 3 is 2.68 bits per heavy atom. The molecule has 158 valence electrons. The molecule has 0 bridgehead atoms. The molecule has 1 fully saturated rings. The van der Waals surface area contributed by atoms with Crippen molar-refractivity contribution in [3.05, 3.63) is 62.3 Å². The van der Waals surface area contributed by atoms with Crippen LogP contribution in [0.25, 0.3) is 17.0 Å². The first-order valence-corrected chi connectivity index (χ1v) is 9.96. The molecule has 0 spiro atoms. The number of anilines is 2.